The van der Waals surface area contributed by atoms with Crippen molar-refractivity contribution in [1.29, 1.82) is 0 Å². The average molecular weight is 188 g/mol. The molecule has 0 aliphatic carbocycles. The first-order valence-electron chi connectivity index (χ1n) is 4.48. The first kappa shape index (κ1) is 10.4. The van der Waals surface area contributed by atoms with Gasteiger partial charge in [0.2, 0.25) is 6.41 Å². The number of aliphatic hydroxyl groups is 1. The Kier molecular flexibility index (Phi) is 4.74. The number of morpholine rings is 1. The third-order valence-electron chi connectivity index (χ3n) is 2.01. The van der Waals surface area contributed by atoms with Gasteiger partial charge in [0, 0.05) is 26.2 Å². The fourth-order valence-corrected chi connectivity index (χ4v) is 1.33. The Labute approximate surface area is 77.7 Å². The van der Waals surface area contributed by atoms with Gasteiger partial charge in [-0.1, -0.05) is 0 Å². The van der Waals surface area contributed by atoms with Crippen LogP contribution in [0.15, 0.2) is 0 Å². The molecule has 0 spiro atoms. The van der Waals surface area contributed by atoms with E-state index in [0.29, 0.717) is 19.5 Å². The minimum atomic E-state index is -0.483. The molecule has 1 aliphatic rings. The summed E-state index contributed by atoms with van der Waals surface area (Å²) in [5.41, 5.74) is 0. The molecule has 1 atom stereocenters. The molecule has 13 heavy (non-hydrogen) atoms. The van der Waals surface area contributed by atoms with Crippen molar-refractivity contribution in [3.63, 3.8) is 0 Å². The Morgan fingerprint density at radius 3 is 2.85 bits per heavy atom. The van der Waals surface area contributed by atoms with Gasteiger partial charge in [-0.25, -0.2) is 0 Å². The maximum Gasteiger partial charge on any atom is 0.207 e. The quantitative estimate of drug-likeness (QED) is 0.511. The molecule has 5 nitrogen and oxygen atoms in total. The highest BCUT2D eigenvalue weighted by Crippen LogP contribution is 1.97. The summed E-state index contributed by atoms with van der Waals surface area (Å²) in [5.74, 6) is 0. The van der Waals surface area contributed by atoms with Crippen LogP contribution in [0.25, 0.3) is 0 Å². The number of β-amino-alcohol motifs (C(OH)–C–C–N with tert-alkyl or cyclic N) is 1. The van der Waals surface area contributed by atoms with Gasteiger partial charge in [-0.05, 0) is 0 Å². The lowest BCUT2D eigenvalue weighted by molar-refractivity contribution is -0.110. The van der Waals surface area contributed by atoms with E-state index < -0.39 is 6.10 Å². The molecule has 1 amide bonds. The number of nitrogens with one attached hydrogen (secondary N) is 1. The summed E-state index contributed by atoms with van der Waals surface area (Å²) in [6, 6.07) is 0. The van der Waals surface area contributed by atoms with E-state index in [1.807, 2.05) is 0 Å². The highest BCUT2D eigenvalue weighted by molar-refractivity contribution is 5.45. The van der Waals surface area contributed by atoms with Crippen LogP contribution < -0.4 is 5.32 Å². The summed E-state index contributed by atoms with van der Waals surface area (Å²) in [6.45, 7) is 4.10. The first-order valence-corrected chi connectivity index (χ1v) is 4.48. The van der Waals surface area contributed by atoms with E-state index in [0.717, 1.165) is 26.3 Å². The number of carbonyl (C=O) groups excluding carboxylic acids is 1. The van der Waals surface area contributed by atoms with Gasteiger partial charge in [0.1, 0.15) is 0 Å². The topological polar surface area (TPSA) is 61.8 Å². The third-order valence-corrected chi connectivity index (χ3v) is 2.01. The highest BCUT2D eigenvalue weighted by atomic mass is 16.5. The zero-order valence-electron chi connectivity index (χ0n) is 7.61. The summed E-state index contributed by atoms with van der Waals surface area (Å²) in [6.07, 6.45) is 0.117. The van der Waals surface area contributed by atoms with Crippen molar-refractivity contribution in [3.05, 3.63) is 0 Å². The molecular formula is C8H16N2O3. The monoisotopic (exact) mass is 188 g/mol. The van der Waals surface area contributed by atoms with Crippen LogP contribution >= 0.6 is 0 Å². The number of hydrogen-bond donors (Lipinski definition) is 2. The number of hydrogen-bond acceptors (Lipinski definition) is 4. The molecule has 2 N–H and O–H groups in total. The van der Waals surface area contributed by atoms with Crippen LogP contribution in [0.2, 0.25) is 0 Å². The van der Waals surface area contributed by atoms with E-state index in [1.165, 1.54) is 0 Å². The van der Waals surface area contributed by atoms with Crippen LogP contribution in [0.3, 0.4) is 0 Å². The zero-order valence-corrected chi connectivity index (χ0v) is 7.61. The molecule has 0 aromatic rings. The lowest BCUT2D eigenvalue weighted by atomic mass is 10.3. The van der Waals surface area contributed by atoms with Crippen molar-refractivity contribution >= 4 is 6.41 Å². The van der Waals surface area contributed by atoms with Crippen LogP contribution in [-0.2, 0) is 9.53 Å². The molecule has 1 fully saturated rings. The lowest BCUT2D eigenvalue weighted by Crippen LogP contribution is -2.43. The molecule has 0 aromatic carbocycles. The molecular weight excluding hydrogens is 172 g/mol. The summed E-state index contributed by atoms with van der Waals surface area (Å²) in [4.78, 5) is 12.1. The van der Waals surface area contributed by atoms with Crippen molar-refractivity contribution in [2.75, 3.05) is 39.4 Å². The normalized spacial score (nSPS) is 21.0. The Morgan fingerprint density at radius 1 is 1.54 bits per heavy atom. The Morgan fingerprint density at radius 2 is 2.23 bits per heavy atom. The van der Waals surface area contributed by atoms with Gasteiger partial charge in [-0.15, -0.1) is 0 Å². The summed E-state index contributed by atoms with van der Waals surface area (Å²) in [7, 11) is 0. The summed E-state index contributed by atoms with van der Waals surface area (Å²) >= 11 is 0. The predicted octanol–water partition coefficient (Wildman–Crippen LogP) is -1.57. The van der Waals surface area contributed by atoms with Gasteiger partial charge in [0.15, 0.2) is 0 Å². The van der Waals surface area contributed by atoms with E-state index in [4.69, 9.17) is 4.74 Å². The largest absolute Gasteiger partial charge is 0.390 e. The minimum absolute atomic E-state index is 0.320. The standard InChI is InChI=1S/C8H16N2O3/c11-7-9-5-8(12)6-10-1-3-13-4-2-10/h7-8,12H,1-6H2,(H,9,11)/t8-/m0/s1. The van der Waals surface area contributed by atoms with Gasteiger partial charge in [0.05, 0.1) is 19.3 Å². The van der Waals surface area contributed by atoms with Gasteiger partial charge in [-0.2, -0.15) is 0 Å². The van der Waals surface area contributed by atoms with Crippen LogP contribution in [0.5, 0.6) is 0 Å². The molecule has 0 saturated carbocycles. The van der Waals surface area contributed by atoms with Gasteiger partial charge >= 0.3 is 0 Å². The van der Waals surface area contributed by atoms with E-state index in [1.54, 1.807) is 0 Å². The van der Waals surface area contributed by atoms with Crippen molar-refractivity contribution in [3.8, 4) is 0 Å². The molecule has 76 valence electrons. The Balaban J connectivity index is 2.10. The van der Waals surface area contributed by atoms with Crippen molar-refractivity contribution < 1.29 is 14.6 Å². The number of nitrogens with zero attached hydrogens (tertiary/aromatic N) is 1. The van der Waals surface area contributed by atoms with Crippen molar-refractivity contribution in [2.24, 2.45) is 0 Å². The second kappa shape index (κ2) is 5.90. The molecule has 0 radical (unpaired) electrons. The van der Waals surface area contributed by atoms with Gasteiger partial charge in [-0.3, -0.25) is 9.69 Å². The third kappa shape index (κ3) is 4.21. The average Bonchev–Trinajstić information content (AvgIpc) is 2.16. The molecule has 1 heterocycles. The molecule has 0 bridgehead atoms. The molecule has 0 unspecified atom stereocenters. The predicted molar refractivity (Wildman–Crippen MR) is 47.3 cm³/mol. The number of amides is 1. The number of aliphatic hydroxyl groups excluding tert-OH is 1. The zero-order chi connectivity index (χ0) is 9.52. The maximum absolute atomic E-state index is 9.95. The molecule has 5 heteroatoms. The second-order valence-electron chi connectivity index (χ2n) is 3.09. The van der Waals surface area contributed by atoms with E-state index in [-0.39, 0.29) is 0 Å². The van der Waals surface area contributed by atoms with Gasteiger partial charge in [0.25, 0.3) is 0 Å². The molecule has 0 aromatic heterocycles. The molecule has 1 aliphatic heterocycles. The van der Waals surface area contributed by atoms with Crippen LogP contribution in [-0.4, -0.2) is 61.9 Å². The van der Waals surface area contributed by atoms with Crippen molar-refractivity contribution in [1.82, 2.24) is 10.2 Å². The van der Waals surface area contributed by atoms with E-state index >= 15 is 0 Å². The van der Waals surface area contributed by atoms with Crippen LogP contribution in [0.4, 0.5) is 0 Å². The van der Waals surface area contributed by atoms with Crippen LogP contribution in [0.1, 0.15) is 0 Å². The Bertz CT molecular complexity index is 148. The van der Waals surface area contributed by atoms with Crippen molar-refractivity contribution in [2.45, 2.75) is 6.10 Å². The second-order valence-corrected chi connectivity index (χ2v) is 3.09. The van der Waals surface area contributed by atoms with Crippen LogP contribution in [0, 0.1) is 0 Å². The molecule has 1 rings (SSSR count). The molecule has 1 saturated heterocycles. The lowest BCUT2D eigenvalue weighted by Gasteiger charge is -2.28. The van der Waals surface area contributed by atoms with E-state index in [9.17, 15) is 9.90 Å². The first-order chi connectivity index (χ1) is 6.33. The smallest absolute Gasteiger partial charge is 0.207 e. The fourth-order valence-electron chi connectivity index (χ4n) is 1.33. The fraction of sp³-hybridized carbons (Fsp3) is 0.875. The maximum atomic E-state index is 9.95. The van der Waals surface area contributed by atoms with Gasteiger partial charge < -0.3 is 15.2 Å². The van der Waals surface area contributed by atoms with E-state index in [2.05, 4.69) is 10.2 Å². The minimum Gasteiger partial charge on any atom is -0.390 e. The summed E-state index contributed by atoms with van der Waals surface area (Å²) in [5, 5.41) is 11.9. The number of carbonyl (C=O) groups is 1. The highest BCUT2D eigenvalue weighted by Gasteiger charge is 2.13. The number of rotatable bonds is 5. The SMILES string of the molecule is O=CNC[C@H](O)CN1CCOCC1. The number of ether oxygens (including phenoxy) is 1. The Hall–Kier alpha value is -0.650. The summed E-state index contributed by atoms with van der Waals surface area (Å²) < 4.78 is 5.17.